The van der Waals surface area contributed by atoms with E-state index in [2.05, 4.69) is 17.6 Å². The van der Waals surface area contributed by atoms with E-state index in [4.69, 9.17) is 4.74 Å². The van der Waals surface area contributed by atoms with Crippen LogP contribution in [-0.4, -0.2) is 115 Å². The summed E-state index contributed by atoms with van der Waals surface area (Å²) in [6.45, 7) is 22.5. The molecule has 13 heteroatoms. The summed E-state index contributed by atoms with van der Waals surface area (Å²) in [7, 11) is 4.89. The average molecular weight is 913 g/mol. The van der Waals surface area contributed by atoms with Gasteiger partial charge >= 0.3 is 5.97 Å². The molecule has 1 fully saturated rings. The van der Waals surface area contributed by atoms with Crippen LogP contribution in [-0.2, 0) is 61.0 Å². The first-order valence-electron chi connectivity index (χ1n) is 18.2. The summed E-state index contributed by atoms with van der Waals surface area (Å²) < 4.78 is 5.19. The predicted octanol–water partition coefficient (Wildman–Crippen LogP) is 4.09. The molecule has 1 aliphatic rings. The number of hydrogen-bond donors (Lipinski definition) is 2. The molecule has 5 atom stereocenters. The summed E-state index contributed by atoms with van der Waals surface area (Å²) in [6, 6.07) is 5.66. The number of likely N-dealkylation sites (N-methyl/N-ethyl adjacent to an activating group) is 3. The molecule has 1 saturated heterocycles. The quantitative estimate of drug-likeness (QED) is 0.187. The van der Waals surface area contributed by atoms with E-state index < -0.39 is 29.7 Å². The first-order chi connectivity index (χ1) is 24.3. The van der Waals surface area contributed by atoms with Crippen LogP contribution in [0.5, 0.6) is 0 Å². The van der Waals surface area contributed by atoms with E-state index in [1.807, 2.05) is 65.2 Å². The molecule has 0 unspecified atom stereocenters. The van der Waals surface area contributed by atoms with Crippen molar-refractivity contribution in [3.63, 3.8) is 0 Å². The third-order valence-electron chi connectivity index (χ3n) is 8.67. The van der Waals surface area contributed by atoms with Gasteiger partial charge in [-0.25, -0.2) is 6.29 Å². The van der Waals surface area contributed by atoms with Crippen molar-refractivity contribution < 1.29 is 54.6 Å². The molecule has 0 radical (unpaired) electrons. The summed E-state index contributed by atoms with van der Waals surface area (Å²) in [6.07, 6.45) is 5.95. The minimum atomic E-state index is -0.724. The maximum Gasteiger partial charge on any atom is 0.326 e. The molecule has 0 spiro atoms. The molecule has 2 rings (SSSR count). The van der Waals surface area contributed by atoms with Gasteiger partial charge in [-0.15, -0.1) is 6.42 Å². The Labute approximate surface area is 334 Å². The van der Waals surface area contributed by atoms with Crippen molar-refractivity contribution in [1.29, 1.82) is 0 Å². The number of nitrogens with one attached hydrogen (secondary N) is 2. The molecular formula is C40H66N5O7W-3. The largest absolute Gasteiger partial charge is 0.540 e. The van der Waals surface area contributed by atoms with Crippen LogP contribution in [0.3, 0.4) is 0 Å². The van der Waals surface area contributed by atoms with Crippen LogP contribution in [0.4, 0.5) is 0 Å². The molecule has 53 heavy (non-hydrogen) atoms. The second kappa shape index (κ2) is 25.7. The van der Waals surface area contributed by atoms with Gasteiger partial charge in [-0.3, -0.25) is 25.6 Å². The van der Waals surface area contributed by atoms with Crippen molar-refractivity contribution in [3.05, 3.63) is 48.7 Å². The number of likely N-dealkylation sites (tertiary alicyclic amines) is 1. The fourth-order valence-corrected chi connectivity index (χ4v) is 5.08. The van der Waals surface area contributed by atoms with Gasteiger partial charge < -0.3 is 46.6 Å². The van der Waals surface area contributed by atoms with E-state index in [1.54, 1.807) is 62.2 Å². The average Bonchev–Trinajstić information content (AvgIpc) is 3.07. The van der Waals surface area contributed by atoms with Crippen LogP contribution >= 0.6 is 0 Å². The second-order valence-corrected chi connectivity index (χ2v) is 14.6. The van der Waals surface area contributed by atoms with Gasteiger partial charge in [-0.1, -0.05) is 75.5 Å². The normalized spacial score (nSPS) is 15.5. The van der Waals surface area contributed by atoms with E-state index in [-0.39, 0.29) is 63.2 Å². The van der Waals surface area contributed by atoms with Crippen LogP contribution in [0, 0.1) is 32.1 Å². The van der Waals surface area contributed by atoms with Crippen molar-refractivity contribution in [2.75, 3.05) is 34.2 Å². The van der Waals surface area contributed by atoms with Gasteiger partial charge in [-0.2, -0.15) is 6.92 Å². The molecule has 302 valence electrons. The molecule has 0 aromatic heterocycles. The number of carbonyl (C=O) groups is 5. The number of hydrogen-bond acceptors (Lipinski definition) is 8. The Morgan fingerprint density at radius 2 is 1.62 bits per heavy atom. The Kier molecular flexibility index (Phi) is 25.2. The molecule has 0 bridgehead atoms. The van der Waals surface area contributed by atoms with Gasteiger partial charge in [0, 0.05) is 41.7 Å². The number of ether oxygens (including phenoxy) is 1. The maximum atomic E-state index is 13.2. The van der Waals surface area contributed by atoms with Gasteiger partial charge in [0.15, 0.2) is 0 Å². The number of nitrogens with zero attached hydrogens (tertiary/aromatic N) is 3. The minimum Gasteiger partial charge on any atom is -0.540 e. The van der Waals surface area contributed by atoms with Crippen molar-refractivity contribution in [3.8, 4) is 0 Å². The van der Waals surface area contributed by atoms with E-state index in [1.165, 1.54) is 20.3 Å². The third kappa shape index (κ3) is 18.6. The number of carbonyl (C=O) groups excluding carboxylic acids is 6. The van der Waals surface area contributed by atoms with Crippen LogP contribution in [0.1, 0.15) is 92.7 Å². The molecule has 0 saturated carbocycles. The standard InChI is InChI=1S/C21H37N4O4.C17H24NO3.C2H5.W/c1-8-14(4)18(23-19(27)17(22-6)11-13(2)3)21(29)24(7)15(5)20(28)25-10-9-16(25)12-26;1-13-6-8-14(9-7-13)10-11-15(19)18(5)12-16(20)21-17(2,3)4;1-2;/h13-18,22H,8-11H2,1-7H3,(H,23,27);6-9,11H,10,12H2,1-5H3;1H2,2H3;/q3*-1;/t14-,15-,16-,17-,18-;;;/m0.../s1. The topological polar surface area (TPSA) is 145 Å². The smallest absolute Gasteiger partial charge is 0.326 e. The van der Waals surface area contributed by atoms with Gasteiger partial charge in [0.05, 0.1) is 11.9 Å². The van der Waals surface area contributed by atoms with E-state index in [0.29, 0.717) is 38.1 Å². The molecule has 1 aromatic rings. The Morgan fingerprint density at radius 3 is 2.06 bits per heavy atom. The number of rotatable bonds is 16. The molecule has 1 heterocycles. The Morgan fingerprint density at radius 1 is 1.06 bits per heavy atom. The van der Waals surface area contributed by atoms with Gasteiger partial charge in [0.25, 0.3) is 0 Å². The first-order valence-corrected chi connectivity index (χ1v) is 18.2. The Hall–Kier alpha value is -3.24. The molecule has 2 N–H and O–H groups in total. The van der Waals surface area contributed by atoms with Gasteiger partial charge in [0.2, 0.25) is 17.7 Å². The van der Waals surface area contributed by atoms with Crippen LogP contribution in [0.25, 0.3) is 0 Å². The SMILES string of the molecule is CC[C@H](C)[C@H](NC(=O)[C@H](CC(C)C)NC)C(=O)N(C)[C@@H](C)C(=O)N1CC[C@H]1[C-]=O.Cc1ccc(C[CH-]C(=O)N(C)CC(=O)OC(C)(C)C)cc1.[CH2-]C.[W]. The maximum absolute atomic E-state index is 13.2. The zero-order valence-electron chi connectivity index (χ0n) is 34.4. The molecule has 0 aliphatic carbocycles. The van der Waals surface area contributed by atoms with E-state index in [0.717, 1.165) is 5.56 Å². The third-order valence-corrected chi connectivity index (χ3v) is 8.67. The Bertz CT molecular complexity index is 1290. The molecule has 12 nitrogen and oxygen atoms in total. The number of benzene rings is 1. The van der Waals surface area contributed by atoms with Crippen molar-refractivity contribution >= 4 is 35.9 Å². The zero-order valence-corrected chi connectivity index (χ0v) is 37.3. The first kappa shape index (κ1) is 51.9. The summed E-state index contributed by atoms with van der Waals surface area (Å²) in [5, 5.41) is 5.91. The summed E-state index contributed by atoms with van der Waals surface area (Å²) in [5.74, 6) is -1.14. The number of esters is 1. The van der Waals surface area contributed by atoms with Gasteiger partial charge in [-0.05, 0) is 66.3 Å². The summed E-state index contributed by atoms with van der Waals surface area (Å²) in [5.41, 5.74) is 1.72. The van der Waals surface area contributed by atoms with Crippen LogP contribution in [0.2, 0.25) is 0 Å². The minimum absolute atomic E-state index is 0. The van der Waals surface area contributed by atoms with E-state index in [9.17, 15) is 28.8 Å². The summed E-state index contributed by atoms with van der Waals surface area (Å²) in [4.78, 5) is 77.3. The van der Waals surface area contributed by atoms with Crippen molar-refractivity contribution in [2.45, 2.75) is 125 Å². The fourth-order valence-electron chi connectivity index (χ4n) is 5.08. The van der Waals surface area contributed by atoms with Crippen LogP contribution in [0.15, 0.2) is 24.3 Å². The second-order valence-electron chi connectivity index (χ2n) is 14.6. The Balaban J connectivity index is 0. The van der Waals surface area contributed by atoms with Crippen LogP contribution < -0.4 is 10.6 Å². The number of amides is 4. The summed E-state index contributed by atoms with van der Waals surface area (Å²) >= 11 is 0. The monoisotopic (exact) mass is 912 g/mol. The van der Waals surface area contributed by atoms with Gasteiger partial charge in [0.1, 0.15) is 24.2 Å². The van der Waals surface area contributed by atoms with E-state index >= 15 is 0 Å². The fraction of sp³-hybridized carbons (Fsp3) is 0.650. The zero-order chi connectivity index (χ0) is 40.3. The number of aryl methyl sites for hydroxylation is 1. The van der Waals surface area contributed by atoms with Crippen molar-refractivity contribution in [1.82, 2.24) is 25.3 Å². The molecular weight excluding hydrogens is 846 g/mol. The molecule has 4 amide bonds. The van der Waals surface area contributed by atoms with Crippen molar-refractivity contribution in [2.24, 2.45) is 11.8 Å². The molecule has 1 aromatic carbocycles. The molecule has 1 aliphatic heterocycles. The predicted molar refractivity (Wildman–Crippen MR) is 205 cm³/mol.